The van der Waals surface area contributed by atoms with E-state index in [-0.39, 0.29) is 12.4 Å². The Bertz CT molecular complexity index is 1580. The van der Waals surface area contributed by atoms with Gasteiger partial charge >= 0.3 is 0 Å². The van der Waals surface area contributed by atoms with Crippen LogP contribution < -0.4 is 21.5 Å². The fourth-order valence-corrected chi connectivity index (χ4v) is 4.65. The van der Waals surface area contributed by atoms with Crippen molar-refractivity contribution in [1.82, 2.24) is 9.55 Å². The minimum Gasteiger partial charge on any atom is -1.00 e. The van der Waals surface area contributed by atoms with E-state index in [1.54, 1.807) is 7.11 Å². The van der Waals surface area contributed by atoms with Gasteiger partial charge in [0.15, 0.2) is 5.69 Å². The summed E-state index contributed by atoms with van der Waals surface area (Å²) in [6.45, 7) is 0.741. The number of benzene rings is 3. The highest BCUT2D eigenvalue weighted by molar-refractivity contribution is 6.30. The summed E-state index contributed by atoms with van der Waals surface area (Å²) in [5, 5.41) is 3.18. The Morgan fingerprint density at radius 2 is 1.67 bits per heavy atom. The Labute approximate surface area is 202 Å². The molecule has 4 nitrogen and oxygen atoms in total. The van der Waals surface area contributed by atoms with E-state index in [0.29, 0.717) is 0 Å². The third kappa shape index (κ3) is 3.62. The van der Waals surface area contributed by atoms with Crippen LogP contribution in [-0.4, -0.2) is 16.7 Å². The van der Waals surface area contributed by atoms with Crippen LogP contribution in [0.4, 0.5) is 0 Å². The molecule has 0 aliphatic heterocycles. The number of aromatic amines is 1. The molecule has 0 saturated heterocycles. The minimum atomic E-state index is 0. The van der Waals surface area contributed by atoms with Crippen LogP contribution in [0.1, 0.15) is 5.56 Å². The summed E-state index contributed by atoms with van der Waals surface area (Å²) >= 11 is 6.21. The van der Waals surface area contributed by atoms with Gasteiger partial charge in [-0.1, -0.05) is 41.9 Å². The molecule has 0 saturated carbocycles. The lowest BCUT2D eigenvalue weighted by atomic mass is 10.1. The number of fused-ring (bicyclic) bond motifs is 5. The van der Waals surface area contributed by atoms with Gasteiger partial charge in [-0.3, -0.25) is 0 Å². The summed E-state index contributed by atoms with van der Waals surface area (Å²) in [6, 6.07) is 26.9. The standard InChI is InChI=1S/C27H21ClN3O.ClH/c1-32-21-12-6-18(7-13-21)16-31-17-30-15-14-23-22-4-2-3-5-24(22)29-25(23)27(30)26(31)19-8-10-20(28)11-9-19;/h2-15,17,29H,16H2,1H3;1H/q+1;/p-1. The molecule has 0 aliphatic rings. The maximum absolute atomic E-state index is 6.21. The van der Waals surface area contributed by atoms with Crippen molar-refractivity contribution in [3.8, 4) is 17.0 Å². The predicted octanol–water partition coefficient (Wildman–Crippen LogP) is 3.24. The number of H-pyrrole nitrogens is 1. The van der Waals surface area contributed by atoms with E-state index in [9.17, 15) is 0 Å². The Hall–Kier alpha value is -3.47. The molecule has 0 spiro atoms. The number of pyridine rings is 1. The molecular weight excluding hydrogens is 453 g/mol. The molecule has 3 aromatic carbocycles. The zero-order valence-electron chi connectivity index (χ0n) is 17.9. The number of halogens is 2. The van der Waals surface area contributed by atoms with Gasteiger partial charge in [0.05, 0.1) is 18.8 Å². The average molecular weight is 474 g/mol. The summed E-state index contributed by atoms with van der Waals surface area (Å²) in [4.78, 5) is 3.66. The number of hydrogen-bond acceptors (Lipinski definition) is 1. The summed E-state index contributed by atoms with van der Waals surface area (Å²) in [5.41, 5.74) is 6.89. The van der Waals surface area contributed by atoms with Gasteiger partial charge in [0.2, 0.25) is 11.8 Å². The quantitative estimate of drug-likeness (QED) is 0.391. The number of hydrogen-bond donors (Lipinski definition) is 1. The van der Waals surface area contributed by atoms with E-state index >= 15 is 0 Å². The Balaban J connectivity index is 0.00000228. The van der Waals surface area contributed by atoms with E-state index in [0.717, 1.165) is 45.1 Å². The highest BCUT2D eigenvalue weighted by Gasteiger charge is 2.24. The molecule has 164 valence electrons. The monoisotopic (exact) mass is 473 g/mol. The van der Waals surface area contributed by atoms with E-state index < -0.39 is 0 Å². The van der Waals surface area contributed by atoms with Crippen LogP contribution >= 0.6 is 11.6 Å². The number of nitrogens with one attached hydrogen (secondary N) is 1. The zero-order chi connectivity index (χ0) is 21.7. The van der Waals surface area contributed by atoms with Crippen molar-refractivity contribution in [1.29, 1.82) is 0 Å². The molecule has 6 aromatic rings. The minimum absolute atomic E-state index is 0. The maximum Gasteiger partial charge on any atom is 0.249 e. The fourth-order valence-electron chi connectivity index (χ4n) is 4.52. The SMILES string of the molecule is COc1ccc(Cn2c[n+]3ccc4c5ccccc5[nH]c4c3c2-c2ccc(Cl)cc2)cc1.[Cl-]. The highest BCUT2D eigenvalue weighted by atomic mass is 35.5. The smallest absolute Gasteiger partial charge is 0.249 e. The van der Waals surface area contributed by atoms with Gasteiger partial charge in [0.1, 0.15) is 12.3 Å². The Morgan fingerprint density at radius 1 is 0.909 bits per heavy atom. The summed E-state index contributed by atoms with van der Waals surface area (Å²) in [7, 11) is 1.69. The lowest BCUT2D eigenvalue weighted by Crippen LogP contribution is -3.00. The van der Waals surface area contributed by atoms with Crippen molar-refractivity contribution < 1.29 is 21.5 Å². The van der Waals surface area contributed by atoms with Crippen molar-refractivity contribution in [3.05, 3.63) is 102 Å². The van der Waals surface area contributed by atoms with E-state index in [1.165, 1.54) is 16.3 Å². The van der Waals surface area contributed by atoms with Crippen LogP contribution in [-0.2, 0) is 6.54 Å². The Morgan fingerprint density at radius 3 is 2.42 bits per heavy atom. The van der Waals surface area contributed by atoms with Gasteiger partial charge in [-0.15, -0.1) is 0 Å². The predicted molar refractivity (Wildman–Crippen MR) is 129 cm³/mol. The van der Waals surface area contributed by atoms with Gasteiger partial charge < -0.3 is 22.1 Å². The van der Waals surface area contributed by atoms with Crippen LogP contribution in [0.2, 0.25) is 5.02 Å². The van der Waals surface area contributed by atoms with Crippen molar-refractivity contribution >= 4 is 38.9 Å². The zero-order valence-corrected chi connectivity index (χ0v) is 19.4. The number of ether oxygens (including phenoxy) is 1. The second kappa shape index (κ2) is 8.47. The van der Waals surface area contributed by atoms with Gasteiger partial charge in [-0.25, -0.2) is 4.57 Å². The molecular formula is C27H21Cl2N3O. The van der Waals surface area contributed by atoms with Gasteiger partial charge in [-0.05, 0) is 54.1 Å². The number of para-hydroxylation sites is 1. The first kappa shape index (κ1) is 21.4. The van der Waals surface area contributed by atoms with Crippen LogP contribution in [0.3, 0.4) is 0 Å². The van der Waals surface area contributed by atoms with Crippen molar-refractivity contribution in [2.75, 3.05) is 7.11 Å². The van der Waals surface area contributed by atoms with Crippen LogP contribution in [0.5, 0.6) is 5.75 Å². The molecule has 6 heteroatoms. The number of aromatic nitrogens is 3. The molecule has 0 aliphatic carbocycles. The summed E-state index contributed by atoms with van der Waals surface area (Å²) < 4.78 is 9.82. The molecule has 0 unspecified atom stereocenters. The largest absolute Gasteiger partial charge is 1.00 e. The first-order valence-corrected chi connectivity index (χ1v) is 10.9. The summed E-state index contributed by atoms with van der Waals surface area (Å²) in [6.07, 6.45) is 4.30. The highest BCUT2D eigenvalue weighted by Crippen LogP contribution is 2.33. The lowest BCUT2D eigenvalue weighted by molar-refractivity contribution is -0.511. The van der Waals surface area contributed by atoms with E-state index in [4.69, 9.17) is 16.3 Å². The number of imidazole rings is 1. The van der Waals surface area contributed by atoms with Gasteiger partial charge in [0, 0.05) is 26.9 Å². The van der Waals surface area contributed by atoms with Crippen LogP contribution in [0.25, 0.3) is 38.6 Å². The second-order valence-corrected chi connectivity index (χ2v) is 8.41. The lowest BCUT2D eigenvalue weighted by Gasteiger charge is -2.05. The molecule has 0 bridgehead atoms. The van der Waals surface area contributed by atoms with Gasteiger partial charge in [-0.2, -0.15) is 4.40 Å². The molecule has 33 heavy (non-hydrogen) atoms. The third-order valence-corrected chi connectivity index (χ3v) is 6.30. The Kier molecular flexibility index (Phi) is 5.49. The van der Waals surface area contributed by atoms with E-state index in [2.05, 4.69) is 81.1 Å². The summed E-state index contributed by atoms with van der Waals surface area (Å²) in [5.74, 6) is 0.860. The molecule has 3 heterocycles. The van der Waals surface area contributed by atoms with Crippen LogP contribution in [0.15, 0.2) is 91.4 Å². The molecule has 1 N–H and O–H groups in total. The van der Waals surface area contributed by atoms with Crippen molar-refractivity contribution in [2.24, 2.45) is 0 Å². The fraction of sp³-hybridized carbons (Fsp3) is 0.0741. The maximum atomic E-state index is 6.21. The molecule has 0 radical (unpaired) electrons. The number of rotatable bonds is 4. The van der Waals surface area contributed by atoms with Crippen molar-refractivity contribution in [2.45, 2.75) is 6.54 Å². The molecule has 0 amide bonds. The van der Waals surface area contributed by atoms with Crippen LogP contribution in [0, 0.1) is 0 Å². The average Bonchev–Trinajstić information content (AvgIpc) is 3.38. The number of methoxy groups -OCH3 is 1. The van der Waals surface area contributed by atoms with Crippen molar-refractivity contribution in [3.63, 3.8) is 0 Å². The second-order valence-electron chi connectivity index (χ2n) is 7.98. The molecule has 3 aromatic heterocycles. The molecule has 0 atom stereocenters. The number of nitrogens with zero attached hydrogens (tertiary/aromatic N) is 2. The third-order valence-electron chi connectivity index (χ3n) is 6.05. The van der Waals surface area contributed by atoms with E-state index in [1.807, 2.05) is 24.3 Å². The topological polar surface area (TPSA) is 34.0 Å². The first-order valence-electron chi connectivity index (χ1n) is 10.5. The normalized spacial score (nSPS) is 11.2. The molecule has 0 fully saturated rings. The molecule has 6 rings (SSSR count). The first-order chi connectivity index (χ1) is 15.7. The van der Waals surface area contributed by atoms with Gasteiger partial charge in [0.25, 0.3) is 0 Å².